The van der Waals surface area contributed by atoms with Crippen LogP contribution < -0.4 is 4.74 Å². The Kier molecular flexibility index (Phi) is 5.06. The highest BCUT2D eigenvalue weighted by atomic mass is 16.5. The second-order valence-corrected chi connectivity index (χ2v) is 5.29. The Bertz CT molecular complexity index is 831. The van der Waals surface area contributed by atoms with E-state index in [1.54, 1.807) is 6.92 Å². The molecule has 0 bridgehead atoms. The van der Waals surface area contributed by atoms with Gasteiger partial charge in [-0.1, -0.05) is 42.5 Å². The Hall–Kier alpha value is -2.88. The van der Waals surface area contributed by atoms with E-state index in [0.717, 1.165) is 27.9 Å². The summed E-state index contributed by atoms with van der Waals surface area (Å²) in [7, 11) is 0. The van der Waals surface area contributed by atoms with Crippen molar-refractivity contribution in [2.24, 2.45) is 0 Å². The lowest BCUT2D eigenvalue weighted by molar-refractivity contribution is -0.143. The summed E-state index contributed by atoms with van der Waals surface area (Å²) < 4.78 is 10.8. The second kappa shape index (κ2) is 7.59. The quantitative estimate of drug-likeness (QED) is 0.637. The molecule has 0 unspecified atom stereocenters. The van der Waals surface area contributed by atoms with Crippen LogP contribution in [0.15, 0.2) is 60.7 Å². The molecule has 0 N–H and O–H groups in total. The van der Waals surface area contributed by atoms with Gasteiger partial charge >= 0.3 is 5.97 Å². The third kappa shape index (κ3) is 3.71. The van der Waals surface area contributed by atoms with Gasteiger partial charge in [0.25, 0.3) is 0 Å². The summed E-state index contributed by atoms with van der Waals surface area (Å²) >= 11 is 0. The highest BCUT2D eigenvalue weighted by Crippen LogP contribution is 2.30. The SMILES string of the molecule is CCOC(=O)CCOc1cc(-c2ccccc2)nc2ccccc12. The number of esters is 1. The largest absolute Gasteiger partial charge is 0.492 e. The van der Waals surface area contributed by atoms with E-state index in [0.29, 0.717) is 6.61 Å². The summed E-state index contributed by atoms with van der Waals surface area (Å²) in [5, 5.41) is 0.932. The van der Waals surface area contributed by atoms with Crippen LogP contribution in [0.1, 0.15) is 13.3 Å². The van der Waals surface area contributed by atoms with Gasteiger partial charge in [-0.15, -0.1) is 0 Å². The lowest BCUT2D eigenvalue weighted by Crippen LogP contribution is -2.09. The fourth-order valence-electron chi connectivity index (χ4n) is 2.50. The number of fused-ring (bicyclic) bond motifs is 1. The zero-order chi connectivity index (χ0) is 16.8. The van der Waals surface area contributed by atoms with Crippen LogP contribution in [0.25, 0.3) is 22.2 Å². The van der Waals surface area contributed by atoms with Crippen LogP contribution in [0.3, 0.4) is 0 Å². The molecule has 0 fully saturated rings. The number of ether oxygens (including phenoxy) is 2. The van der Waals surface area contributed by atoms with Crippen LogP contribution in [-0.4, -0.2) is 24.2 Å². The van der Waals surface area contributed by atoms with Crippen LogP contribution in [-0.2, 0) is 9.53 Å². The molecule has 122 valence electrons. The van der Waals surface area contributed by atoms with Gasteiger partial charge in [0.2, 0.25) is 0 Å². The molecule has 1 aromatic heterocycles. The molecular formula is C20H19NO3. The number of nitrogens with zero attached hydrogens (tertiary/aromatic N) is 1. The topological polar surface area (TPSA) is 48.4 Å². The van der Waals surface area contributed by atoms with E-state index in [9.17, 15) is 4.79 Å². The minimum Gasteiger partial charge on any atom is -0.492 e. The molecule has 0 radical (unpaired) electrons. The molecule has 24 heavy (non-hydrogen) atoms. The maximum Gasteiger partial charge on any atom is 0.309 e. The Balaban J connectivity index is 1.89. The van der Waals surface area contributed by atoms with Gasteiger partial charge in [0.1, 0.15) is 5.75 Å². The highest BCUT2D eigenvalue weighted by Gasteiger charge is 2.09. The zero-order valence-corrected chi connectivity index (χ0v) is 13.6. The number of hydrogen-bond acceptors (Lipinski definition) is 4. The van der Waals surface area contributed by atoms with Crippen LogP contribution in [0.4, 0.5) is 0 Å². The molecule has 0 aliphatic rings. The molecule has 0 amide bonds. The predicted octanol–water partition coefficient (Wildman–Crippen LogP) is 4.23. The van der Waals surface area contributed by atoms with E-state index in [2.05, 4.69) is 0 Å². The van der Waals surface area contributed by atoms with E-state index < -0.39 is 0 Å². The molecule has 3 aromatic rings. The third-order valence-corrected chi connectivity index (χ3v) is 3.62. The van der Waals surface area contributed by atoms with E-state index in [1.165, 1.54) is 0 Å². The zero-order valence-electron chi connectivity index (χ0n) is 13.6. The monoisotopic (exact) mass is 321 g/mol. The summed E-state index contributed by atoms with van der Waals surface area (Å²) in [6, 6.07) is 19.7. The molecule has 0 aliphatic carbocycles. The van der Waals surface area contributed by atoms with Crippen molar-refractivity contribution < 1.29 is 14.3 Å². The van der Waals surface area contributed by atoms with Crippen molar-refractivity contribution in [2.45, 2.75) is 13.3 Å². The molecule has 0 aliphatic heterocycles. The first-order valence-electron chi connectivity index (χ1n) is 8.01. The molecule has 2 aromatic carbocycles. The Morgan fingerprint density at radius 2 is 1.79 bits per heavy atom. The van der Waals surface area contributed by atoms with Gasteiger partial charge in [0.05, 0.1) is 30.8 Å². The first-order valence-corrected chi connectivity index (χ1v) is 8.01. The fourth-order valence-corrected chi connectivity index (χ4v) is 2.50. The van der Waals surface area contributed by atoms with Crippen molar-refractivity contribution in [3.05, 3.63) is 60.7 Å². The molecule has 3 rings (SSSR count). The minimum atomic E-state index is -0.251. The van der Waals surface area contributed by atoms with Gasteiger partial charge in [-0.2, -0.15) is 0 Å². The molecule has 4 nitrogen and oxygen atoms in total. The van der Waals surface area contributed by atoms with E-state index >= 15 is 0 Å². The summed E-state index contributed by atoms with van der Waals surface area (Å²) in [6.45, 7) is 2.46. The predicted molar refractivity (Wildman–Crippen MR) is 93.9 cm³/mol. The first-order chi connectivity index (χ1) is 11.8. The summed E-state index contributed by atoms with van der Waals surface area (Å²) in [4.78, 5) is 16.2. The second-order valence-electron chi connectivity index (χ2n) is 5.29. The van der Waals surface area contributed by atoms with E-state index in [4.69, 9.17) is 14.5 Å². The summed E-state index contributed by atoms with van der Waals surface area (Å²) in [5.74, 6) is 0.475. The van der Waals surface area contributed by atoms with Crippen molar-refractivity contribution in [1.82, 2.24) is 4.98 Å². The van der Waals surface area contributed by atoms with Gasteiger partial charge in [-0.05, 0) is 19.1 Å². The number of benzene rings is 2. The molecule has 0 saturated carbocycles. The molecule has 0 atom stereocenters. The minimum absolute atomic E-state index is 0.227. The number of pyridine rings is 1. The van der Waals surface area contributed by atoms with Crippen molar-refractivity contribution in [1.29, 1.82) is 0 Å². The molecule has 1 heterocycles. The molecule has 0 spiro atoms. The number of carbonyl (C=O) groups excluding carboxylic acids is 1. The smallest absolute Gasteiger partial charge is 0.309 e. The highest BCUT2D eigenvalue weighted by molar-refractivity contribution is 5.87. The van der Waals surface area contributed by atoms with Gasteiger partial charge in [0, 0.05) is 17.0 Å². The van der Waals surface area contributed by atoms with Gasteiger partial charge in [0.15, 0.2) is 0 Å². The fraction of sp³-hybridized carbons (Fsp3) is 0.200. The molecule has 0 saturated heterocycles. The number of carbonyl (C=O) groups is 1. The maximum atomic E-state index is 11.5. The standard InChI is InChI=1S/C20H19NO3/c1-2-23-20(22)12-13-24-19-14-18(15-8-4-3-5-9-15)21-17-11-7-6-10-16(17)19/h3-11,14H,2,12-13H2,1H3. The van der Waals surface area contributed by atoms with E-state index in [-0.39, 0.29) is 19.0 Å². The average Bonchev–Trinajstić information content (AvgIpc) is 2.62. The third-order valence-electron chi connectivity index (χ3n) is 3.62. The Labute approximate surface area is 141 Å². The van der Waals surface area contributed by atoms with Gasteiger partial charge in [-0.25, -0.2) is 4.98 Å². The van der Waals surface area contributed by atoms with E-state index in [1.807, 2.05) is 60.7 Å². The average molecular weight is 321 g/mol. The lowest BCUT2D eigenvalue weighted by Gasteiger charge is -2.11. The number of para-hydroxylation sites is 1. The number of rotatable bonds is 6. The lowest BCUT2D eigenvalue weighted by atomic mass is 10.1. The molecule has 4 heteroatoms. The van der Waals surface area contributed by atoms with Crippen molar-refractivity contribution >= 4 is 16.9 Å². The summed E-state index contributed by atoms with van der Waals surface area (Å²) in [6.07, 6.45) is 0.227. The van der Waals surface area contributed by atoms with Crippen LogP contribution in [0.5, 0.6) is 5.75 Å². The van der Waals surface area contributed by atoms with Crippen molar-refractivity contribution in [2.75, 3.05) is 13.2 Å². The van der Waals surface area contributed by atoms with Crippen molar-refractivity contribution in [3.63, 3.8) is 0 Å². The van der Waals surface area contributed by atoms with Crippen LogP contribution in [0.2, 0.25) is 0 Å². The van der Waals surface area contributed by atoms with Gasteiger partial charge in [-0.3, -0.25) is 4.79 Å². The maximum absolute atomic E-state index is 11.5. The first kappa shape index (κ1) is 16.0. The van der Waals surface area contributed by atoms with Crippen LogP contribution in [0, 0.1) is 0 Å². The Morgan fingerprint density at radius 3 is 2.58 bits per heavy atom. The van der Waals surface area contributed by atoms with Gasteiger partial charge < -0.3 is 9.47 Å². The summed E-state index contributed by atoms with van der Waals surface area (Å²) in [5.41, 5.74) is 2.74. The normalized spacial score (nSPS) is 10.5. The molecular weight excluding hydrogens is 302 g/mol. The Morgan fingerprint density at radius 1 is 1.04 bits per heavy atom. The number of hydrogen-bond donors (Lipinski definition) is 0. The van der Waals surface area contributed by atoms with Crippen molar-refractivity contribution in [3.8, 4) is 17.0 Å². The number of aromatic nitrogens is 1. The van der Waals surface area contributed by atoms with Crippen LogP contribution >= 0.6 is 0 Å².